The Kier molecular flexibility index (Phi) is 8.85. The number of anilines is 2. The van der Waals surface area contributed by atoms with Gasteiger partial charge in [-0.1, -0.05) is 25.1 Å². The van der Waals surface area contributed by atoms with Crippen LogP contribution < -0.4 is 4.90 Å². The molecular weight excluding hydrogens is 616 g/mol. The third-order valence-corrected chi connectivity index (χ3v) is 11.4. The molecule has 0 aliphatic carbocycles. The minimum Gasteiger partial charge on any atom is -0.387 e. The lowest BCUT2D eigenvalue weighted by atomic mass is 9.77. The molecule has 15 nitrogen and oxygen atoms in total. The molecule has 42 heavy (non-hydrogen) atoms. The van der Waals surface area contributed by atoms with Gasteiger partial charge in [0.1, 0.15) is 18.3 Å². The minimum atomic E-state index is -4.85. The fourth-order valence-electron chi connectivity index (χ4n) is 5.62. The lowest BCUT2D eigenvalue weighted by Gasteiger charge is -2.29. The van der Waals surface area contributed by atoms with Crippen LogP contribution >= 0.6 is 26.8 Å². The Hall–Kier alpha value is -2.00. The van der Waals surface area contributed by atoms with E-state index in [4.69, 9.17) is 35.4 Å². The molecule has 2 aromatic heterocycles. The van der Waals surface area contributed by atoms with Gasteiger partial charge in [-0.25, -0.2) is 4.98 Å². The minimum absolute atomic E-state index is 0.0887. The molecule has 0 radical (unpaired) electrons. The van der Waals surface area contributed by atoms with Gasteiger partial charge in [0.05, 0.1) is 12.9 Å². The van der Waals surface area contributed by atoms with Crippen LogP contribution in [0.1, 0.15) is 31.6 Å². The summed E-state index contributed by atoms with van der Waals surface area (Å²) in [5.41, 5.74) is 2.44. The molecule has 230 valence electrons. The van der Waals surface area contributed by atoms with Crippen LogP contribution in [0.3, 0.4) is 0 Å². The van der Waals surface area contributed by atoms with E-state index < -0.39 is 52.2 Å². The maximum atomic E-state index is 12.1. The van der Waals surface area contributed by atoms with Crippen LogP contribution in [0, 0.1) is 0 Å². The van der Waals surface area contributed by atoms with E-state index in [0.717, 1.165) is 24.1 Å². The fraction of sp³-hybridized carbons (Fsp3) is 0.542. The number of fused-ring (bicyclic) bond motifs is 2. The van der Waals surface area contributed by atoms with E-state index in [1.807, 2.05) is 23.1 Å². The lowest BCUT2D eigenvalue weighted by Crippen LogP contribution is -2.33. The summed E-state index contributed by atoms with van der Waals surface area (Å²) < 4.78 is 40.5. The number of aliphatic hydroxyl groups is 2. The second kappa shape index (κ2) is 11.8. The van der Waals surface area contributed by atoms with Crippen molar-refractivity contribution in [2.24, 2.45) is 0 Å². The Morgan fingerprint density at radius 1 is 1.17 bits per heavy atom. The van der Waals surface area contributed by atoms with Gasteiger partial charge in [0, 0.05) is 31.4 Å². The molecule has 4 heterocycles. The average Bonchev–Trinajstić information content (AvgIpc) is 3.57. The first-order chi connectivity index (χ1) is 19.8. The van der Waals surface area contributed by atoms with Crippen LogP contribution in [0.4, 0.5) is 11.5 Å². The quantitative estimate of drug-likeness (QED) is 0.149. The van der Waals surface area contributed by atoms with Crippen molar-refractivity contribution in [2.45, 2.75) is 49.7 Å². The van der Waals surface area contributed by atoms with Crippen molar-refractivity contribution in [3.63, 3.8) is 0 Å². The Balaban J connectivity index is 1.46. The molecule has 18 heteroatoms. The standard InChI is InChI=1S/C24H32ClN5O10P2/c1-3-24(8-9-38-2)11-29(15-7-5-4-6-14(15)24)20-17-21(28-23(25)27-20)30(12-26-17)22-19(32)18(31)16(40-22)10-39-42(36,37)13-41(33,34)35/h4-7,12,16,18-19,22,31-32H,3,8-11,13H2,1-2H3,(H,36,37)(H2,33,34,35). The van der Waals surface area contributed by atoms with Crippen LogP contribution in [0.15, 0.2) is 30.6 Å². The molecule has 5 rings (SSSR count). The summed E-state index contributed by atoms with van der Waals surface area (Å²) in [5, 5.41) is 21.3. The Morgan fingerprint density at radius 2 is 1.90 bits per heavy atom. The number of aromatic nitrogens is 4. The molecule has 1 saturated heterocycles. The van der Waals surface area contributed by atoms with Crippen LogP contribution in [0.5, 0.6) is 0 Å². The second-order valence-electron chi connectivity index (χ2n) is 10.4. The molecule has 0 saturated carbocycles. The summed E-state index contributed by atoms with van der Waals surface area (Å²) in [6.07, 6.45) is -2.69. The molecule has 6 unspecified atom stereocenters. The first-order valence-electron chi connectivity index (χ1n) is 13.1. The van der Waals surface area contributed by atoms with Gasteiger partial charge in [-0.3, -0.25) is 13.7 Å². The number of hydrogen-bond donors (Lipinski definition) is 5. The SMILES string of the molecule is CCC1(CCOC)CN(c2nc(Cl)nc3c2ncn3C2OC(COP(=O)(O)CP(=O)(O)O)C(O)C2O)c2ccccc21. The Bertz CT molecular complexity index is 1560. The molecule has 2 aliphatic heterocycles. The first-order valence-corrected chi connectivity index (χ1v) is 17.0. The summed E-state index contributed by atoms with van der Waals surface area (Å²) in [6, 6.07) is 8.01. The van der Waals surface area contributed by atoms with E-state index >= 15 is 0 Å². The van der Waals surface area contributed by atoms with E-state index in [9.17, 15) is 24.2 Å². The molecule has 5 N–H and O–H groups in total. The van der Waals surface area contributed by atoms with Gasteiger partial charge in [-0.2, -0.15) is 9.97 Å². The third-order valence-electron chi connectivity index (χ3n) is 7.73. The number of nitrogens with zero attached hydrogens (tertiary/aromatic N) is 5. The summed E-state index contributed by atoms with van der Waals surface area (Å²) in [5.74, 6) is -0.959. The van der Waals surface area contributed by atoms with E-state index in [0.29, 0.717) is 24.5 Å². The van der Waals surface area contributed by atoms with Gasteiger partial charge in [-0.05, 0) is 36.1 Å². The number of hydrogen-bond acceptors (Lipinski definition) is 11. The smallest absolute Gasteiger partial charge is 0.340 e. The monoisotopic (exact) mass is 647 g/mol. The van der Waals surface area contributed by atoms with E-state index in [2.05, 4.69) is 27.9 Å². The van der Waals surface area contributed by atoms with Gasteiger partial charge >= 0.3 is 15.2 Å². The van der Waals surface area contributed by atoms with Gasteiger partial charge in [0.15, 0.2) is 29.1 Å². The summed E-state index contributed by atoms with van der Waals surface area (Å²) in [7, 11) is -7.89. The molecular formula is C24H32ClN5O10P2. The van der Waals surface area contributed by atoms with Crippen molar-refractivity contribution in [2.75, 3.05) is 37.7 Å². The maximum absolute atomic E-state index is 12.1. The van der Waals surface area contributed by atoms with Crippen molar-refractivity contribution in [1.29, 1.82) is 0 Å². The zero-order valence-corrected chi connectivity index (χ0v) is 25.3. The first kappa shape index (κ1) is 31.4. The number of aliphatic hydroxyl groups excluding tert-OH is 2. The molecule has 3 aromatic rings. The van der Waals surface area contributed by atoms with E-state index in [1.165, 1.54) is 10.9 Å². The zero-order chi connectivity index (χ0) is 30.4. The largest absolute Gasteiger partial charge is 0.387 e. The van der Waals surface area contributed by atoms with Crippen molar-refractivity contribution >= 4 is 49.5 Å². The summed E-state index contributed by atoms with van der Waals surface area (Å²) in [6.45, 7) is 2.55. The van der Waals surface area contributed by atoms with Crippen molar-refractivity contribution in [3.05, 3.63) is 41.4 Å². The molecule has 2 aliphatic rings. The topological polar surface area (TPSA) is 210 Å². The lowest BCUT2D eigenvalue weighted by molar-refractivity contribution is -0.0483. The van der Waals surface area contributed by atoms with Gasteiger partial charge in [0.25, 0.3) is 0 Å². The van der Waals surface area contributed by atoms with E-state index in [1.54, 1.807) is 7.11 Å². The number of halogens is 1. The third kappa shape index (κ3) is 6.01. The fourth-order valence-corrected chi connectivity index (χ4v) is 8.35. The highest BCUT2D eigenvalue weighted by molar-refractivity contribution is 7.70. The van der Waals surface area contributed by atoms with Crippen molar-refractivity contribution in [3.8, 4) is 0 Å². The maximum Gasteiger partial charge on any atom is 0.340 e. The molecule has 0 amide bonds. The Labute approximate surface area is 245 Å². The molecule has 6 atom stereocenters. The van der Waals surface area contributed by atoms with Gasteiger partial charge < -0.3 is 43.8 Å². The van der Waals surface area contributed by atoms with Crippen molar-refractivity contribution in [1.82, 2.24) is 19.5 Å². The normalized spacial score (nSPS) is 27.5. The molecule has 0 spiro atoms. The number of ether oxygens (including phenoxy) is 2. The van der Waals surface area contributed by atoms with E-state index in [-0.39, 0.29) is 16.3 Å². The second-order valence-corrected chi connectivity index (χ2v) is 14.7. The highest BCUT2D eigenvalue weighted by atomic mass is 35.5. The zero-order valence-electron chi connectivity index (χ0n) is 22.7. The number of methoxy groups -OCH3 is 1. The van der Waals surface area contributed by atoms with Gasteiger partial charge in [-0.15, -0.1) is 0 Å². The van der Waals surface area contributed by atoms with Crippen LogP contribution in [-0.4, -0.2) is 95.5 Å². The highest BCUT2D eigenvalue weighted by Gasteiger charge is 2.47. The number of para-hydroxylation sites is 1. The number of imidazole rings is 1. The Morgan fingerprint density at radius 3 is 2.60 bits per heavy atom. The summed E-state index contributed by atoms with van der Waals surface area (Å²) >= 11 is 6.39. The van der Waals surface area contributed by atoms with Crippen LogP contribution in [0.25, 0.3) is 11.2 Å². The molecule has 1 aromatic carbocycles. The molecule has 1 fully saturated rings. The summed E-state index contributed by atoms with van der Waals surface area (Å²) in [4.78, 5) is 43.1. The van der Waals surface area contributed by atoms with Crippen molar-refractivity contribution < 1.29 is 48.0 Å². The highest BCUT2D eigenvalue weighted by Crippen LogP contribution is 2.55. The van der Waals surface area contributed by atoms with Gasteiger partial charge in [0.2, 0.25) is 5.28 Å². The van der Waals surface area contributed by atoms with Crippen LogP contribution in [-0.2, 0) is 28.5 Å². The molecule has 0 bridgehead atoms. The van der Waals surface area contributed by atoms with Crippen LogP contribution in [0.2, 0.25) is 5.28 Å². The number of benzene rings is 1. The average molecular weight is 648 g/mol. The predicted octanol–water partition coefficient (Wildman–Crippen LogP) is 2.27. The number of rotatable bonds is 11. The predicted molar refractivity (Wildman–Crippen MR) is 151 cm³/mol.